The van der Waals surface area contributed by atoms with E-state index in [-0.39, 0.29) is 10.5 Å². The molecule has 0 spiro atoms. The van der Waals surface area contributed by atoms with Crippen LogP contribution in [0.3, 0.4) is 0 Å². The zero-order chi connectivity index (χ0) is 21.3. The minimum Gasteiger partial charge on any atom is -0.266 e. The fourth-order valence-electron chi connectivity index (χ4n) is 3.18. The van der Waals surface area contributed by atoms with Gasteiger partial charge in [0, 0.05) is 5.56 Å². The first kappa shape index (κ1) is 19.4. The molecule has 4 rings (SSSR count). The molecule has 1 heterocycles. The van der Waals surface area contributed by atoms with Crippen molar-refractivity contribution in [2.75, 3.05) is 4.83 Å². The molecule has 0 atom stereocenters. The summed E-state index contributed by atoms with van der Waals surface area (Å²) in [6, 6.07) is 24.3. The van der Waals surface area contributed by atoms with Crippen LogP contribution in [0.1, 0.15) is 11.1 Å². The number of fused-ring (bicyclic) bond motifs is 1. The van der Waals surface area contributed by atoms with E-state index in [9.17, 15) is 18.5 Å². The van der Waals surface area contributed by atoms with Gasteiger partial charge in [-0.3, -0.25) is 4.79 Å². The van der Waals surface area contributed by atoms with E-state index >= 15 is 0 Å². The molecule has 6 nitrogen and oxygen atoms in total. The highest BCUT2D eigenvalue weighted by Crippen LogP contribution is 2.24. The minimum absolute atomic E-state index is 0.0202. The van der Waals surface area contributed by atoms with Crippen molar-refractivity contribution in [2.45, 2.75) is 11.8 Å². The maximum absolute atomic E-state index is 12.9. The minimum atomic E-state index is -4.05. The Balaban J connectivity index is 1.88. The molecule has 0 aliphatic rings. The van der Waals surface area contributed by atoms with Crippen LogP contribution in [0.4, 0.5) is 0 Å². The highest BCUT2D eigenvalue weighted by molar-refractivity contribution is 7.92. The van der Waals surface area contributed by atoms with Crippen LogP contribution < -0.4 is 10.4 Å². The lowest BCUT2D eigenvalue weighted by molar-refractivity contribution is 0.594. The molecule has 1 N–H and O–H groups in total. The second-order valence-electron chi connectivity index (χ2n) is 6.85. The van der Waals surface area contributed by atoms with E-state index in [2.05, 4.69) is 4.83 Å². The molecule has 0 saturated heterocycles. The van der Waals surface area contributed by atoms with Crippen molar-refractivity contribution in [3.8, 4) is 17.3 Å². The largest absolute Gasteiger partial charge is 0.288 e. The Morgan fingerprint density at radius 2 is 1.60 bits per heavy atom. The average Bonchev–Trinajstić information content (AvgIpc) is 2.75. The Morgan fingerprint density at radius 1 is 0.900 bits per heavy atom. The van der Waals surface area contributed by atoms with Gasteiger partial charge in [-0.2, -0.15) is 13.7 Å². The first-order chi connectivity index (χ1) is 14.4. The number of benzene rings is 3. The van der Waals surface area contributed by atoms with Gasteiger partial charge in [-0.1, -0.05) is 54.1 Å². The molecule has 0 bridgehead atoms. The Hall–Kier alpha value is -3.89. The van der Waals surface area contributed by atoms with Crippen LogP contribution in [0.2, 0.25) is 0 Å². The van der Waals surface area contributed by atoms with E-state index in [1.165, 1.54) is 18.2 Å². The summed E-state index contributed by atoms with van der Waals surface area (Å²) >= 11 is 0. The van der Waals surface area contributed by atoms with Gasteiger partial charge in [-0.25, -0.2) is 9.51 Å². The molecule has 0 aliphatic carbocycles. The highest BCUT2D eigenvalue weighted by atomic mass is 32.2. The standard InChI is InChI=1S/C23H17N3O3S/c1-16-6-11-21(12-7-16)30(28,29)25-26-22(13-10-20(15-24)23(26)27)19-9-8-17-4-2-3-5-18(17)14-19/h2-14,25H,1H3. The number of nitrogens with zero attached hydrogens (tertiary/aromatic N) is 2. The molecule has 0 radical (unpaired) electrons. The van der Waals surface area contributed by atoms with Crippen molar-refractivity contribution in [3.05, 3.63) is 100 Å². The first-order valence-corrected chi connectivity index (χ1v) is 10.6. The molecular weight excluding hydrogens is 398 g/mol. The predicted molar refractivity (Wildman–Crippen MR) is 116 cm³/mol. The quantitative estimate of drug-likeness (QED) is 0.549. The maximum atomic E-state index is 12.9. The predicted octanol–water partition coefficient (Wildman–Crippen LogP) is 3.78. The molecule has 0 aliphatic heterocycles. The Bertz CT molecular complexity index is 1460. The lowest BCUT2D eigenvalue weighted by Crippen LogP contribution is -2.35. The van der Waals surface area contributed by atoms with Gasteiger partial charge >= 0.3 is 0 Å². The first-order valence-electron chi connectivity index (χ1n) is 9.14. The molecule has 7 heteroatoms. The number of nitrogens with one attached hydrogen (secondary N) is 1. The molecule has 30 heavy (non-hydrogen) atoms. The second kappa shape index (κ2) is 7.50. The molecule has 0 fully saturated rings. The van der Waals surface area contributed by atoms with Crippen LogP contribution in [-0.4, -0.2) is 13.1 Å². The van der Waals surface area contributed by atoms with Crippen LogP contribution in [0.5, 0.6) is 0 Å². The Kier molecular flexibility index (Phi) is 4.86. The summed E-state index contributed by atoms with van der Waals surface area (Å²) in [5, 5.41) is 11.2. The van der Waals surface area contributed by atoms with Crippen LogP contribution in [-0.2, 0) is 10.0 Å². The van der Waals surface area contributed by atoms with E-state index in [0.29, 0.717) is 11.3 Å². The molecule has 0 amide bonds. The number of nitriles is 1. The van der Waals surface area contributed by atoms with Crippen molar-refractivity contribution in [1.82, 2.24) is 4.68 Å². The topological polar surface area (TPSA) is 92.0 Å². The lowest BCUT2D eigenvalue weighted by atomic mass is 10.0. The molecular formula is C23H17N3O3S. The molecule has 148 valence electrons. The number of sulfonamides is 1. The number of aryl methyl sites for hydroxylation is 1. The van der Waals surface area contributed by atoms with Crippen molar-refractivity contribution >= 4 is 20.8 Å². The summed E-state index contributed by atoms with van der Waals surface area (Å²) in [6.45, 7) is 1.85. The monoisotopic (exact) mass is 415 g/mol. The van der Waals surface area contributed by atoms with Gasteiger partial charge in [0.15, 0.2) is 0 Å². The smallest absolute Gasteiger partial charge is 0.266 e. The SMILES string of the molecule is Cc1ccc(S(=O)(=O)Nn2c(-c3ccc4ccccc4c3)ccc(C#N)c2=O)cc1. The molecule has 3 aromatic carbocycles. The molecule has 4 aromatic rings. The van der Waals surface area contributed by atoms with Crippen molar-refractivity contribution in [1.29, 1.82) is 5.26 Å². The van der Waals surface area contributed by atoms with E-state index in [1.54, 1.807) is 24.3 Å². The summed E-state index contributed by atoms with van der Waals surface area (Å²) in [6.07, 6.45) is 0. The summed E-state index contributed by atoms with van der Waals surface area (Å²) in [7, 11) is -4.05. The maximum Gasteiger partial charge on any atom is 0.288 e. The second-order valence-corrected chi connectivity index (χ2v) is 8.52. The van der Waals surface area contributed by atoms with Crippen molar-refractivity contribution < 1.29 is 8.42 Å². The lowest BCUT2D eigenvalue weighted by Gasteiger charge is -2.16. The van der Waals surface area contributed by atoms with Gasteiger partial charge in [0.1, 0.15) is 11.6 Å². The normalized spacial score (nSPS) is 11.2. The van der Waals surface area contributed by atoms with Crippen molar-refractivity contribution in [2.24, 2.45) is 0 Å². The van der Waals surface area contributed by atoms with Gasteiger partial charge in [-0.15, -0.1) is 0 Å². The molecule has 1 aromatic heterocycles. The van der Waals surface area contributed by atoms with E-state index < -0.39 is 15.6 Å². The van der Waals surface area contributed by atoms with Crippen LogP contribution in [0.15, 0.2) is 88.6 Å². The zero-order valence-electron chi connectivity index (χ0n) is 16.0. The van der Waals surface area contributed by atoms with E-state index in [4.69, 9.17) is 0 Å². The van der Waals surface area contributed by atoms with Gasteiger partial charge in [0.25, 0.3) is 15.6 Å². The molecule has 0 saturated carbocycles. The number of aromatic nitrogens is 1. The number of hydrogen-bond acceptors (Lipinski definition) is 4. The van der Waals surface area contributed by atoms with Gasteiger partial charge in [-0.05, 0) is 48.0 Å². The van der Waals surface area contributed by atoms with Gasteiger partial charge in [0.05, 0.1) is 10.6 Å². The summed E-state index contributed by atoms with van der Waals surface area (Å²) in [4.78, 5) is 15.2. The van der Waals surface area contributed by atoms with Crippen LogP contribution >= 0.6 is 0 Å². The summed E-state index contributed by atoms with van der Waals surface area (Å²) in [5.74, 6) is 0. The highest BCUT2D eigenvalue weighted by Gasteiger charge is 2.19. The Labute approximate surface area is 173 Å². The fourth-order valence-corrected chi connectivity index (χ4v) is 4.20. The van der Waals surface area contributed by atoms with E-state index in [1.807, 2.05) is 49.4 Å². The number of rotatable bonds is 4. The summed E-state index contributed by atoms with van der Waals surface area (Å²) in [5.41, 5.74) is 0.988. The molecule has 0 unspecified atom stereocenters. The fraction of sp³-hybridized carbons (Fsp3) is 0.0435. The number of pyridine rings is 1. The zero-order valence-corrected chi connectivity index (χ0v) is 16.8. The average molecular weight is 415 g/mol. The third-order valence-electron chi connectivity index (χ3n) is 4.79. The van der Waals surface area contributed by atoms with Gasteiger partial charge in [0.2, 0.25) is 0 Å². The van der Waals surface area contributed by atoms with Crippen LogP contribution in [0.25, 0.3) is 22.0 Å². The van der Waals surface area contributed by atoms with Crippen molar-refractivity contribution in [3.63, 3.8) is 0 Å². The van der Waals surface area contributed by atoms with Crippen LogP contribution in [0, 0.1) is 18.3 Å². The third-order valence-corrected chi connectivity index (χ3v) is 6.11. The van der Waals surface area contributed by atoms with Gasteiger partial charge < -0.3 is 0 Å². The number of hydrogen-bond donors (Lipinski definition) is 1. The third kappa shape index (κ3) is 3.56. The van der Waals surface area contributed by atoms with E-state index in [0.717, 1.165) is 21.0 Å². The Morgan fingerprint density at radius 3 is 2.30 bits per heavy atom. The summed E-state index contributed by atoms with van der Waals surface area (Å²) < 4.78 is 26.7.